The number of hydrogen-bond donors (Lipinski definition) is 2. The molecular formula is C16H21N3O2. The van der Waals surface area contributed by atoms with E-state index in [1.807, 2.05) is 5.32 Å². The molecule has 0 spiro atoms. The van der Waals surface area contributed by atoms with Crippen LogP contribution in [0.3, 0.4) is 0 Å². The summed E-state index contributed by atoms with van der Waals surface area (Å²) in [4.78, 5) is 15.0. The fourth-order valence-corrected chi connectivity index (χ4v) is 1.92. The lowest BCUT2D eigenvalue weighted by Gasteiger charge is -2.09. The van der Waals surface area contributed by atoms with Crippen LogP contribution < -0.4 is 5.32 Å². The number of nitrogens with one attached hydrogen (secondary N) is 2. The maximum absolute atomic E-state index is 11.5. The van der Waals surface area contributed by atoms with Crippen LogP contribution in [0, 0.1) is 0 Å². The van der Waals surface area contributed by atoms with Crippen LogP contribution >= 0.6 is 0 Å². The fourth-order valence-electron chi connectivity index (χ4n) is 1.92. The van der Waals surface area contributed by atoms with Crippen LogP contribution in [0.15, 0.2) is 24.4 Å². The maximum Gasteiger partial charge on any atom is 0.407 e. The van der Waals surface area contributed by atoms with Gasteiger partial charge in [-0.15, -0.1) is 0 Å². The number of rotatable bonds is 5. The molecule has 3 rings (SSSR count). The minimum absolute atomic E-state index is 0.0646. The lowest BCUT2D eigenvalue weighted by atomic mass is 10.0. The Balaban J connectivity index is 2.13. The first-order valence-corrected chi connectivity index (χ1v) is 6.19. The molecule has 0 aliphatic carbocycles. The standard InChI is InChI=1S/C16H21N3O2/c1-19(2)6-5-12-9-17-15-4-3-11(8-14(12)15)7-13-10-21-16(20)18-13/h3-4,8-9,13,17H,5-7,10H2,1-2H3,(H,18,20)/t13-/m0/s1/i1D3,5D2,7D2,9D,10D2,13D. The van der Waals surface area contributed by atoms with Crippen LogP contribution in [-0.2, 0) is 17.5 Å². The second-order valence-corrected chi connectivity index (χ2v) is 4.53. The average Bonchev–Trinajstić information content (AvgIpc) is 3.05. The molecular weight excluding hydrogens is 266 g/mol. The Bertz CT molecular complexity index is 1070. The van der Waals surface area contributed by atoms with E-state index in [1.165, 1.54) is 19.2 Å². The fraction of sp³-hybridized carbons (Fsp3) is 0.438. The van der Waals surface area contributed by atoms with Crippen molar-refractivity contribution in [3.8, 4) is 0 Å². The Morgan fingerprint density at radius 3 is 3.38 bits per heavy atom. The molecule has 2 N–H and O–H groups in total. The zero-order valence-electron chi connectivity index (χ0n) is 22.2. The number of hydrogen-bond acceptors (Lipinski definition) is 3. The first-order valence-electron chi connectivity index (χ1n) is 11.7. The topological polar surface area (TPSA) is 57.4 Å². The van der Waals surface area contributed by atoms with Gasteiger partial charge in [0.2, 0.25) is 0 Å². The van der Waals surface area contributed by atoms with Gasteiger partial charge in [-0.05, 0) is 50.0 Å². The summed E-state index contributed by atoms with van der Waals surface area (Å²) in [6.07, 6.45) is -6.80. The van der Waals surface area contributed by atoms with Crippen molar-refractivity contribution in [3.63, 3.8) is 0 Å². The summed E-state index contributed by atoms with van der Waals surface area (Å²) in [6.45, 7) is -6.18. The number of amides is 1. The highest BCUT2D eigenvalue weighted by Crippen LogP contribution is 2.21. The molecule has 0 saturated carbocycles. The van der Waals surface area contributed by atoms with Crippen molar-refractivity contribution in [2.24, 2.45) is 0 Å². The van der Waals surface area contributed by atoms with Crippen LogP contribution in [0.4, 0.5) is 4.79 Å². The summed E-state index contributed by atoms with van der Waals surface area (Å²) in [6, 6.07) is 0.863. The molecule has 1 aliphatic rings. The van der Waals surface area contributed by atoms with Gasteiger partial charge in [0.15, 0.2) is 0 Å². The van der Waals surface area contributed by atoms with Gasteiger partial charge in [-0.2, -0.15) is 0 Å². The number of aromatic amines is 1. The molecule has 0 radical (unpaired) electrons. The largest absolute Gasteiger partial charge is 0.447 e. The summed E-state index contributed by atoms with van der Waals surface area (Å²) < 4.78 is 92.4. The van der Waals surface area contributed by atoms with Crippen LogP contribution in [0.1, 0.15) is 26.2 Å². The van der Waals surface area contributed by atoms with Gasteiger partial charge in [-0.3, -0.25) is 0 Å². The molecule has 112 valence electrons. The van der Waals surface area contributed by atoms with Gasteiger partial charge < -0.3 is 19.9 Å². The molecule has 0 unspecified atom stereocenters. The van der Waals surface area contributed by atoms with E-state index in [0.717, 1.165) is 11.0 Å². The number of alkyl carbamates (subject to hydrolysis) is 1. The molecule has 2 aromatic rings. The lowest BCUT2D eigenvalue weighted by Crippen LogP contribution is -2.28. The normalized spacial score (nSPS) is 33.8. The van der Waals surface area contributed by atoms with Crippen molar-refractivity contribution < 1.29 is 24.6 Å². The van der Waals surface area contributed by atoms with Gasteiger partial charge in [0.1, 0.15) is 6.56 Å². The third-order valence-corrected chi connectivity index (χ3v) is 2.85. The van der Waals surface area contributed by atoms with Crippen molar-refractivity contribution in [2.75, 3.05) is 27.1 Å². The number of aromatic nitrogens is 1. The van der Waals surface area contributed by atoms with Crippen molar-refractivity contribution in [3.05, 3.63) is 35.5 Å². The van der Waals surface area contributed by atoms with Crippen LogP contribution in [-0.4, -0.2) is 49.1 Å². The second kappa shape index (κ2) is 5.77. The second-order valence-electron chi connectivity index (χ2n) is 4.53. The van der Waals surface area contributed by atoms with E-state index in [9.17, 15) is 4.79 Å². The first kappa shape index (κ1) is 6.01. The molecule has 21 heavy (non-hydrogen) atoms. The number of fused-ring (bicyclic) bond motifs is 1. The summed E-state index contributed by atoms with van der Waals surface area (Å²) in [5.41, 5.74) is -0.219. The van der Waals surface area contributed by atoms with Crippen molar-refractivity contribution in [1.29, 1.82) is 0 Å². The third-order valence-electron chi connectivity index (χ3n) is 2.85. The van der Waals surface area contributed by atoms with E-state index in [-0.39, 0.29) is 28.2 Å². The van der Waals surface area contributed by atoms with Crippen molar-refractivity contribution in [2.45, 2.75) is 18.8 Å². The smallest absolute Gasteiger partial charge is 0.407 e. The number of ether oxygens (including phenoxy) is 1. The lowest BCUT2D eigenvalue weighted by molar-refractivity contribution is 0.177. The van der Waals surface area contributed by atoms with Gasteiger partial charge in [0.25, 0.3) is 0 Å². The predicted molar refractivity (Wildman–Crippen MR) is 82.5 cm³/mol. The number of H-pyrrole nitrogens is 1. The van der Waals surface area contributed by atoms with Gasteiger partial charge in [0.05, 0.1) is 11.5 Å². The zero-order valence-corrected chi connectivity index (χ0v) is 11.2. The number of cyclic esters (lactones) is 1. The monoisotopic (exact) mass is 298 g/mol. The first-order chi connectivity index (χ1) is 14.3. The number of carbonyl (C=O) groups is 1. The Kier molecular flexibility index (Phi) is 1.65. The average molecular weight is 298 g/mol. The van der Waals surface area contributed by atoms with Crippen LogP contribution in [0.5, 0.6) is 0 Å². The SMILES string of the molecule is [2H]c1[nH]c2ccc(C([2H])([2H])[C@]3([2H])NC(=O)OC3([2H])[2H])cc2c1C([2H])([2H])CN(C)C([2H])([2H])[2H]. The molecule has 5 nitrogen and oxygen atoms in total. The predicted octanol–water partition coefficient (Wildman–Crippen LogP) is 1.92. The molecule has 1 aliphatic heterocycles. The summed E-state index contributed by atoms with van der Waals surface area (Å²) in [7, 11) is 1.21. The Hall–Kier alpha value is -2.01. The molecule has 1 aromatic heterocycles. The molecule has 1 saturated heterocycles. The highest BCUT2D eigenvalue weighted by atomic mass is 16.6. The van der Waals surface area contributed by atoms with Gasteiger partial charge in [-0.25, -0.2) is 4.79 Å². The van der Waals surface area contributed by atoms with Crippen LogP contribution in [0.2, 0.25) is 0 Å². The van der Waals surface area contributed by atoms with E-state index in [0.29, 0.717) is 0 Å². The number of benzene rings is 1. The van der Waals surface area contributed by atoms with E-state index in [4.69, 9.17) is 15.1 Å². The van der Waals surface area contributed by atoms with E-state index in [1.54, 1.807) is 0 Å². The summed E-state index contributed by atoms with van der Waals surface area (Å²) in [5.74, 6) is 0. The molecule has 1 aromatic carbocycles. The van der Waals surface area contributed by atoms with Gasteiger partial charge in [0, 0.05) is 33.2 Å². The summed E-state index contributed by atoms with van der Waals surface area (Å²) >= 11 is 0. The molecule has 1 fully saturated rings. The van der Waals surface area contributed by atoms with Crippen molar-refractivity contribution >= 4 is 17.0 Å². The van der Waals surface area contributed by atoms with Gasteiger partial charge >= 0.3 is 6.09 Å². The van der Waals surface area contributed by atoms with Crippen LogP contribution in [0.25, 0.3) is 10.9 Å². The van der Waals surface area contributed by atoms with E-state index >= 15 is 0 Å². The molecule has 5 heteroatoms. The highest BCUT2D eigenvalue weighted by molar-refractivity contribution is 5.84. The Labute approximate surface area is 139 Å². The maximum atomic E-state index is 11.5. The highest BCUT2D eigenvalue weighted by Gasteiger charge is 2.22. The minimum Gasteiger partial charge on any atom is -0.447 e. The quantitative estimate of drug-likeness (QED) is 0.887. The zero-order chi connectivity index (χ0) is 24.5. The minimum atomic E-state index is -3.01. The molecule has 1 amide bonds. The van der Waals surface area contributed by atoms with E-state index in [2.05, 4.69) is 9.72 Å². The van der Waals surface area contributed by atoms with E-state index < -0.39 is 44.9 Å². The molecule has 1 atom stereocenters. The number of likely N-dealkylation sites (N-methyl/N-ethyl adjacent to an activating group) is 1. The van der Waals surface area contributed by atoms with Gasteiger partial charge in [-0.1, -0.05) is 6.07 Å². The van der Waals surface area contributed by atoms with Crippen molar-refractivity contribution in [1.82, 2.24) is 15.2 Å². The summed E-state index contributed by atoms with van der Waals surface area (Å²) in [5, 5.41) is 1.93. The third kappa shape index (κ3) is 3.19. The molecule has 0 bridgehead atoms. The molecule has 2 heterocycles. The Morgan fingerprint density at radius 2 is 2.62 bits per heavy atom. The Morgan fingerprint density at radius 1 is 1.71 bits per heavy atom. The number of carbonyl (C=O) groups excluding carboxylic acids is 1. The number of nitrogens with zero attached hydrogens (tertiary/aromatic N) is 1.